The maximum absolute atomic E-state index is 6.22. The molecule has 10 aromatic rings. The fourth-order valence-electron chi connectivity index (χ4n) is 7.13. The van der Waals surface area contributed by atoms with Gasteiger partial charge < -0.3 is 4.42 Å². The van der Waals surface area contributed by atoms with E-state index in [0.717, 1.165) is 65.9 Å². The molecule has 238 valence electrons. The molecule has 0 aliphatic heterocycles. The summed E-state index contributed by atoms with van der Waals surface area (Å²) in [5, 5.41) is 6.81. The van der Waals surface area contributed by atoms with Crippen LogP contribution in [0.3, 0.4) is 0 Å². The molecule has 2 heterocycles. The van der Waals surface area contributed by atoms with Gasteiger partial charge in [0.05, 0.1) is 0 Å². The number of hydrogen-bond donors (Lipinski definition) is 0. The number of nitrogens with zero attached hydrogens (tertiary/aromatic N) is 3. The van der Waals surface area contributed by atoms with Gasteiger partial charge in [-0.15, -0.1) is 0 Å². The van der Waals surface area contributed by atoms with E-state index in [4.69, 9.17) is 19.4 Å². The Hall–Kier alpha value is -6.91. The lowest BCUT2D eigenvalue weighted by Crippen LogP contribution is -2.00. The number of rotatable bonds is 5. The SMILES string of the molecule is c1ccc(-c2ccc3ccc(-c4nc(-c5cccc(-c6cccc7oc8ccccc8c67)c5)nc(-c5ccc6ccccc6c5)n4)cc3c2)cc1. The van der Waals surface area contributed by atoms with Crippen molar-refractivity contribution < 1.29 is 4.42 Å². The fourth-order valence-corrected chi connectivity index (χ4v) is 7.13. The molecule has 0 radical (unpaired) electrons. The van der Waals surface area contributed by atoms with Gasteiger partial charge in [-0.1, -0.05) is 140 Å². The lowest BCUT2D eigenvalue weighted by Gasteiger charge is -2.11. The van der Waals surface area contributed by atoms with Crippen molar-refractivity contribution in [1.29, 1.82) is 0 Å². The zero-order valence-corrected chi connectivity index (χ0v) is 27.5. The third-order valence-electron chi connectivity index (χ3n) is 9.68. The van der Waals surface area contributed by atoms with Gasteiger partial charge in [0.25, 0.3) is 0 Å². The van der Waals surface area contributed by atoms with Crippen LogP contribution in [0.25, 0.3) is 99.9 Å². The predicted molar refractivity (Wildman–Crippen MR) is 209 cm³/mol. The monoisotopic (exact) mass is 651 g/mol. The summed E-state index contributed by atoms with van der Waals surface area (Å²) in [6.45, 7) is 0. The van der Waals surface area contributed by atoms with E-state index in [9.17, 15) is 0 Å². The number of aromatic nitrogens is 3. The Morgan fingerprint density at radius 1 is 0.314 bits per heavy atom. The largest absolute Gasteiger partial charge is 0.456 e. The van der Waals surface area contributed by atoms with Crippen molar-refractivity contribution in [3.63, 3.8) is 0 Å². The first kappa shape index (κ1) is 29.0. The van der Waals surface area contributed by atoms with E-state index in [1.54, 1.807) is 0 Å². The van der Waals surface area contributed by atoms with E-state index < -0.39 is 0 Å². The zero-order valence-electron chi connectivity index (χ0n) is 27.5. The Kier molecular flexibility index (Phi) is 6.78. The average molecular weight is 652 g/mol. The molecule has 0 atom stereocenters. The minimum atomic E-state index is 0.618. The molecule has 0 aliphatic carbocycles. The van der Waals surface area contributed by atoms with Crippen molar-refractivity contribution in [3.8, 4) is 56.4 Å². The van der Waals surface area contributed by atoms with Gasteiger partial charge in [-0.25, -0.2) is 15.0 Å². The van der Waals surface area contributed by atoms with Crippen molar-refractivity contribution in [3.05, 3.63) is 176 Å². The summed E-state index contributed by atoms with van der Waals surface area (Å²) < 4.78 is 6.22. The van der Waals surface area contributed by atoms with Crippen LogP contribution >= 0.6 is 0 Å². The molecular formula is C47H29N3O. The zero-order chi connectivity index (χ0) is 33.7. The first-order chi connectivity index (χ1) is 25.2. The Morgan fingerprint density at radius 3 is 1.63 bits per heavy atom. The molecule has 51 heavy (non-hydrogen) atoms. The fraction of sp³-hybridized carbons (Fsp3) is 0. The van der Waals surface area contributed by atoms with E-state index in [0.29, 0.717) is 17.5 Å². The molecule has 0 fully saturated rings. The summed E-state index contributed by atoms with van der Waals surface area (Å²) in [6.07, 6.45) is 0. The lowest BCUT2D eigenvalue weighted by atomic mass is 9.97. The lowest BCUT2D eigenvalue weighted by molar-refractivity contribution is 0.669. The van der Waals surface area contributed by atoms with Crippen LogP contribution in [0.2, 0.25) is 0 Å². The van der Waals surface area contributed by atoms with E-state index in [1.165, 1.54) is 16.5 Å². The van der Waals surface area contributed by atoms with Crippen molar-refractivity contribution >= 4 is 43.5 Å². The Balaban J connectivity index is 1.14. The van der Waals surface area contributed by atoms with Gasteiger partial charge in [-0.3, -0.25) is 0 Å². The smallest absolute Gasteiger partial charge is 0.164 e. The number of furan rings is 1. The van der Waals surface area contributed by atoms with Crippen LogP contribution in [0.4, 0.5) is 0 Å². The first-order valence-corrected chi connectivity index (χ1v) is 17.1. The second-order valence-electron chi connectivity index (χ2n) is 12.9. The molecule has 0 amide bonds. The van der Waals surface area contributed by atoms with Gasteiger partial charge in [-0.05, 0) is 80.2 Å². The van der Waals surface area contributed by atoms with Gasteiger partial charge in [0.2, 0.25) is 0 Å². The molecule has 0 spiro atoms. The maximum atomic E-state index is 6.22. The van der Waals surface area contributed by atoms with Gasteiger partial charge in [0.1, 0.15) is 11.2 Å². The Bertz CT molecular complexity index is 2930. The molecule has 0 unspecified atom stereocenters. The number of benzene rings is 8. The summed E-state index contributed by atoms with van der Waals surface area (Å²) in [5.74, 6) is 1.88. The summed E-state index contributed by atoms with van der Waals surface area (Å²) in [7, 11) is 0. The highest BCUT2D eigenvalue weighted by atomic mass is 16.3. The summed E-state index contributed by atoms with van der Waals surface area (Å²) in [5.41, 5.74) is 9.06. The molecule has 0 aliphatic rings. The quantitative estimate of drug-likeness (QED) is 0.186. The molecule has 2 aromatic heterocycles. The van der Waals surface area contributed by atoms with Gasteiger partial charge in [0, 0.05) is 27.5 Å². The Morgan fingerprint density at radius 2 is 0.843 bits per heavy atom. The van der Waals surface area contributed by atoms with E-state index in [-0.39, 0.29) is 0 Å². The molecule has 0 N–H and O–H groups in total. The summed E-state index contributed by atoms with van der Waals surface area (Å²) in [6, 6.07) is 61.2. The highest BCUT2D eigenvalue weighted by molar-refractivity contribution is 6.12. The van der Waals surface area contributed by atoms with Crippen LogP contribution in [-0.4, -0.2) is 15.0 Å². The number of fused-ring (bicyclic) bond motifs is 5. The van der Waals surface area contributed by atoms with E-state index in [2.05, 4.69) is 152 Å². The minimum absolute atomic E-state index is 0.618. The normalized spacial score (nSPS) is 11.5. The van der Waals surface area contributed by atoms with Gasteiger partial charge >= 0.3 is 0 Å². The van der Waals surface area contributed by atoms with Gasteiger partial charge in [-0.2, -0.15) is 0 Å². The van der Waals surface area contributed by atoms with Crippen molar-refractivity contribution in [1.82, 2.24) is 15.0 Å². The molecule has 10 rings (SSSR count). The third-order valence-corrected chi connectivity index (χ3v) is 9.68. The number of hydrogen-bond acceptors (Lipinski definition) is 4. The second-order valence-corrected chi connectivity index (χ2v) is 12.9. The summed E-state index contributed by atoms with van der Waals surface area (Å²) >= 11 is 0. The van der Waals surface area contributed by atoms with Gasteiger partial charge in [0.15, 0.2) is 17.5 Å². The topological polar surface area (TPSA) is 51.8 Å². The standard InChI is InChI=1S/C47H29N3O/c1-2-10-30(11-3-1)34-23-20-32-22-25-38(29-39(32)27-34)47-49-45(48-46(50-47)37-24-21-31-12-4-5-13-33(31)26-37)36-15-8-14-35(28-36)40-17-9-19-43-44(40)41-16-6-7-18-42(41)51-43/h1-29H. The number of para-hydroxylation sites is 1. The van der Waals surface area contributed by atoms with E-state index >= 15 is 0 Å². The van der Waals surface area contributed by atoms with Crippen LogP contribution in [-0.2, 0) is 0 Å². The van der Waals surface area contributed by atoms with Crippen LogP contribution in [0.15, 0.2) is 180 Å². The Labute approximate surface area is 294 Å². The highest BCUT2D eigenvalue weighted by Gasteiger charge is 2.16. The first-order valence-electron chi connectivity index (χ1n) is 17.1. The highest BCUT2D eigenvalue weighted by Crippen LogP contribution is 2.38. The van der Waals surface area contributed by atoms with Crippen LogP contribution in [0, 0.1) is 0 Å². The molecule has 0 saturated carbocycles. The molecule has 0 saturated heterocycles. The molecular weight excluding hydrogens is 623 g/mol. The third kappa shape index (κ3) is 5.22. The predicted octanol–water partition coefficient (Wildman–Crippen LogP) is 12.4. The van der Waals surface area contributed by atoms with E-state index in [1.807, 2.05) is 24.3 Å². The van der Waals surface area contributed by atoms with Crippen LogP contribution < -0.4 is 0 Å². The van der Waals surface area contributed by atoms with Crippen LogP contribution in [0.1, 0.15) is 0 Å². The molecule has 4 nitrogen and oxygen atoms in total. The maximum Gasteiger partial charge on any atom is 0.164 e. The van der Waals surface area contributed by atoms with Crippen molar-refractivity contribution in [2.45, 2.75) is 0 Å². The molecule has 4 heteroatoms. The van der Waals surface area contributed by atoms with Crippen molar-refractivity contribution in [2.24, 2.45) is 0 Å². The van der Waals surface area contributed by atoms with Crippen LogP contribution in [0.5, 0.6) is 0 Å². The van der Waals surface area contributed by atoms with Crippen molar-refractivity contribution in [2.75, 3.05) is 0 Å². The summed E-state index contributed by atoms with van der Waals surface area (Å²) in [4.78, 5) is 15.4. The second kappa shape index (κ2) is 11.9. The molecule has 0 bridgehead atoms. The minimum Gasteiger partial charge on any atom is -0.456 e. The average Bonchev–Trinajstić information content (AvgIpc) is 3.59. The molecule has 8 aromatic carbocycles.